The number of carbonyl (C=O) groups excluding carboxylic acids is 1. The highest BCUT2D eigenvalue weighted by Gasteiger charge is 2.24. The van der Waals surface area contributed by atoms with E-state index in [0.29, 0.717) is 12.5 Å². The number of rotatable bonds is 4. The van der Waals surface area contributed by atoms with Gasteiger partial charge in [0.25, 0.3) is 0 Å². The Balaban J connectivity index is 1.97. The maximum Gasteiger partial charge on any atom is 0.222 e. The molecule has 0 spiro atoms. The Morgan fingerprint density at radius 1 is 1.47 bits per heavy atom. The third kappa shape index (κ3) is 3.33. The van der Waals surface area contributed by atoms with Crippen LogP contribution in [0.1, 0.15) is 19.8 Å². The van der Waals surface area contributed by atoms with E-state index >= 15 is 0 Å². The second kappa shape index (κ2) is 6.36. The first-order valence-corrected chi connectivity index (χ1v) is 6.66. The fraction of sp³-hybridized carbons (Fsp3) is 0.615. The molecular formula is C13H20N4O2. The van der Waals surface area contributed by atoms with E-state index < -0.39 is 0 Å². The van der Waals surface area contributed by atoms with Crippen LogP contribution in [0.2, 0.25) is 0 Å². The minimum Gasteiger partial charge on any atom is -0.478 e. The molecule has 19 heavy (non-hydrogen) atoms. The quantitative estimate of drug-likeness (QED) is 0.872. The predicted octanol–water partition coefficient (Wildman–Crippen LogP) is 0.838. The van der Waals surface area contributed by atoms with Crippen molar-refractivity contribution in [2.24, 2.45) is 5.92 Å². The van der Waals surface area contributed by atoms with Crippen LogP contribution in [0, 0.1) is 5.92 Å². The largest absolute Gasteiger partial charge is 0.478 e. The molecule has 1 aromatic heterocycles. The summed E-state index contributed by atoms with van der Waals surface area (Å²) >= 11 is 0. The lowest BCUT2D eigenvalue weighted by atomic mass is 9.96. The van der Waals surface area contributed by atoms with Gasteiger partial charge in [0, 0.05) is 32.1 Å². The Hall–Kier alpha value is -1.85. The highest BCUT2D eigenvalue weighted by atomic mass is 16.5. The van der Waals surface area contributed by atoms with Crippen LogP contribution in [0.4, 0.5) is 5.82 Å². The van der Waals surface area contributed by atoms with Gasteiger partial charge in [-0.25, -0.2) is 9.97 Å². The van der Waals surface area contributed by atoms with Gasteiger partial charge in [-0.1, -0.05) is 0 Å². The molecule has 1 N–H and O–H groups in total. The zero-order valence-corrected chi connectivity index (χ0v) is 11.4. The van der Waals surface area contributed by atoms with E-state index in [2.05, 4.69) is 20.2 Å². The number of hydrogen-bond acceptors (Lipinski definition) is 5. The van der Waals surface area contributed by atoms with E-state index in [4.69, 9.17) is 4.74 Å². The van der Waals surface area contributed by atoms with Gasteiger partial charge < -0.3 is 15.0 Å². The molecule has 6 nitrogen and oxygen atoms in total. The third-order valence-corrected chi connectivity index (χ3v) is 3.36. The van der Waals surface area contributed by atoms with Crippen LogP contribution in [0.25, 0.3) is 0 Å². The summed E-state index contributed by atoms with van der Waals surface area (Å²) < 4.78 is 5.37. The molecule has 0 bridgehead atoms. The van der Waals surface area contributed by atoms with Crippen molar-refractivity contribution < 1.29 is 9.53 Å². The second-order valence-electron chi connectivity index (χ2n) is 4.52. The highest BCUT2D eigenvalue weighted by molar-refractivity contribution is 5.78. The maximum atomic E-state index is 11.6. The average molecular weight is 264 g/mol. The first-order valence-electron chi connectivity index (χ1n) is 6.66. The monoisotopic (exact) mass is 264 g/mol. The number of carbonyl (C=O) groups is 1. The van der Waals surface area contributed by atoms with Crippen molar-refractivity contribution in [2.75, 3.05) is 31.6 Å². The molecule has 6 heteroatoms. The summed E-state index contributed by atoms with van der Waals surface area (Å²) in [6.07, 6.45) is 3.23. The van der Waals surface area contributed by atoms with E-state index in [0.717, 1.165) is 31.7 Å². The van der Waals surface area contributed by atoms with Crippen LogP contribution < -0.4 is 15.0 Å². The van der Waals surface area contributed by atoms with Crippen molar-refractivity contribution in [2.45, 2.75) is 19.8 Å². The lowest BCUT2D eigenvalue weighted by molar-refractivity contribution is -0.125. The van der Waals surface area contributed by atoms with Gasteiger partial charge in [0.1, 0.15) is 12.1 Å². The fourth-order valence-electron chi connectivity index (χ4n) is 2.30. The van der Waals surface area contributed by atoms with Crippen LogP contribution in [-0.2, 0) is 4.79 Å². The predicted molar refractivity (Wildman–Crippen MR) is 72.2 cm³/mol. The lowest BCUT2D eigenvalue weighted by Crippen LogP contribution is -2.39. The van der Waals surface area contributed by atoms with Crippen molar-refractivity contribution in [3.63, 3.8) is 0 Å². The number of hydrogen-bond donors (Lipinski definition) is 1. The summed E-state index contributed by atoms with van der Waals surface area (Å²) in [6, 6.07) is 1.85. The highest BCUT2D eigenvalue weighted by Crippen LogP contribution is 2.23. The van der Waals surface area contributed by atoms with Gasteiger partial charge >= 0.3 is 0 Å². The van der Waals surface area contributed by atoms with Crippen molar-refractivity contribution in [1.82, 2.24) is 15.3 Å². The number of anilines is 1. The topological polar surface area (TPSA) is 67.3 Å². The molecule has 0 radical (unpaired) electrons. The van der Waals surface area contributed by atoms with Gasteiger partial charge in [-0.15, -0.1) is 0 Å². The molecule has 1 saturated heterocycles. The number of ether oxygens (including phenoxy) is 1. The minimum absolute atomic E-state index is 0.120. The van der Waals surface area contributed by atoms with Crippen LogP contribution in [-0.4, -0.2) is 42.6 Å². The van der Waals surface area contributed by atoms with E-state index in [-0.39, 0.29) is 11.8 Å². The Kier molecular flexibility index (Phi) is 4.54. The van der Waals surface area contributed by atoms with E-state index in [9.17, 15) is 4.79 Å². The molecule has 1 aromatic rings. The van der Waals surface area contributed by atoms with Gasteiger partial charge in [-0.3, -0.25) is 4.79 Å². The Labute approximate surface area is 113 Å². The second-order valence-corrected chi connectivity index (χ2v) is 4.52. The molecule has 2 heterocycles. The molecule has 2 rings (SSSR count). The molecule has 0 aromatic carbocycles. The molecule has 0 atom stereocenters. The van der Waals surface area contributed by atoms with Gasteiger partial charge in [0.2, 0.25) is 11.8 Å². The fourth-order valence-corrected chi connectivity index (χ4v) is 2.30. The SMILES string of the molecule is CCOc1cc(N2CCC(C(=O)NC)CC2)ncn1. The van der Waals surface area contributed by atoms with Gasteiger partial charge in [0.15, 0.2) is 0 Å². The van der Waals surface area contributed by atoms with E-state index in [1.165, 1.54) is 6.33 Å². The minimum atomic E-state index is 0.120. The zero-order valence-electron chi connectivity index (χ0n) is 11.4. The van der Waals surface area contributed by atoms with Crippen LogP contribution >= 0.6 is 0 Å². The summed E-state index contributed by atoms with van der Waals surface area (Å²) in [5.74, 6) is 1.72. The first kappa shape index (κ1) is 13.6. The smallest absolute Gasteiger partial charge is 0.222 e. The maximum absolute atomic E-state index is 11.6. The Morgan fingerprint density at radius 3 is 2.84 bits per heavy atom. The molecule has 0 aliphatic carbocycles. The van der Waals surface area contributed by atoms with Gasteiger partial charge in [0.05, 0.1) is 6.61 Å². The Bertz CT molecular complexity index is 430. The van der Waals surface area contributed by atoms with Gasteiger partial charge in [-0.2, -0.15) is 0 Å². The summed E-state index contributed by atoms with van der Waals surface area (Å²) in [5.41, 5.74) is 0. The molecular weight excluding hydrogens is 244 g/mol. The Morgan fingerprint density at radius 2 is 2.21 bits per heavy atom. The normalized spacial score (nSPS) is 16.2. The molecule has 1 aliphatic rings. The van der Waals surface area contributed by atoms with Crippen molar-refractivity contribution in [3.05, 3.63) is 12.4 Å². The van der Waals surface area contributed by atoms with Crippen LogP contribution in [0.5, 0.6) is 5.88 Å². The van der Waals surface area contributed by atoms with Crippen LogP contribution in [0.15, 0.2) is 12.4 Å². The number of piperidine rings is 1. The summed E-state index contributed by atoms with van der Waals surface area (Å²) in [4.78, 5) is 22.1. The number of aromatic nitrogens is 2. The standard InChI is InChI=1S/C13H20N4O2/c1-3-19-12-8-11(15-9-16-12)17-6-4-10(5-7-17)13(18)14-2/h8-10H,3-7H2,1-2H3,(H,14,18). The molecule has 1 aliphatic heterocycles. The molecule has 1 fully saturated rings. The van der Waals surface area contributed by atoms with Crippen molar-refractivity contribution >= 4 is 11.7 Å². The molecule has 1 amide bonds. The van der Waals surface area contributed by atoms with Crippen LogP contribution in [0.3, 0.4) is 0 Å². The zero-order chi connectivity index (χ0) is 13.7. The average Bonchev–Trinajstić information content (AvgIpc) is 2.47. The molecule has 0 unspecified atom stereocenters. The summed E-state index contributed by atoms with van der Waals surface area (Å²) in [6.45, 7) is 4.19. The molecule has 0 saturated carbocycles. The molecule has 104 valence electrons. The summed E-state index contributed by atoms with van der Waals surface area (Å²) in [5, 5.41) is 2.71. The number of nitrogens with zero attached hydrogens (tertiary/aromatic N) is 3. The number of amides is 1. The van der Waals surface area contributed by atoms with Gasteiger partial charge in [-0.05, 0) is 19.8 Å². The van der Waals surface area contributed by atoms with E-state index in [1.807, 2.05) is 13.0 Å². The van der Waals surface area contributed by atoms with Crippen molar-refractivity contribution in [3.8, 4) is 5.88 Å². The number of nitrogens with one attached hydrogen (secondary N) is 1. The first-order chi connectivity index (χ1) is 9.24. The van der Waals surface area contributed by atoms with E-state index in [1.54, 1.807) is 7.05 Å². The third-order valence-electron chi connectivity index (χ3n) is 3.36. The summed E-state index contributed by atoms with van der Waals surface area (Å²) in [7, 11) is 1.69. The van der Waals surface area contributed by atoms with Crippen molar-refractivity contribution in [1.29, 1.82) is 0 Å². The lowest BCUT2D eigenvalue weighted by Gasteiger charge is -2.31.